The minimum Gasteiger partial charge on any atom is -0.396 e. The molecule has 3 N–H and O–H groups in total. The van der Waals surface area contributed by atoms with Crippen LogP contribution in [0.5, 0.6) is 0 Å². The molecule has 0 bridgehead atoms. The van der Waals surface area contributed by atoms with Gasteiger partial charge >= 0.3 is 0 Å². The molecule has 0 aliphatic rings. The highest BCUT2D eigenvalue weighted by Crippen LogP contribution is 2.22. The Kier molecular flexibility index (Phi) is 5.30. The van der Waals surface area contributed by atoms with Gasteiger partial charge in [-0.3, -0.25) is 4.79 Å². The van der Waals surface area contributed by atoms with Gasteiger partial charge in [-0.15, -0.1) is 0 Å². The van der Waals surface area contributed by atoms with Gasteiger partial charge in [-0.25, -0.2) is 12.8 Å². The van der Waals surface area contributed by atoms with Crippen molar-refractivity contribution < 1.29 is 17.6 Å². The van der Waals surface area contributed by atoms with Crippen molar-refractivity contribution in [3.05, 3.63) is 23.5 Å². The maximum atomic E-state index is 13.5. The summed E-state index contributed by atoms with van der Waals surface area (Å²) in [4.78, 5) is 11.5. The largest absolute Gasteiger partial charge is 0.396 e. The molecule has 0 unspecified atom stereocenters. The van der Waals surface area contributed by atoms with Gasteiger partial charge in [-0.2, -0.15) is 4.31 Å². The summed E-state index contributed by atoms with van der Waals surface area (Å²) in [5.41, 5.74) is 5.34. The third-order valence-electron chi connectivity index (χ3n) is 2.78. The Balaban J connectivity index is 3.03. The number of nitrogens with one attached hydrogen (secondary N) is 1. The summed E-state index contributed by atoms with van der Waals surface area (Å²) in [7, 11) is -2.62. The van der Waals surface area contributed by atoms with Crippen LogP contribution in [0.1, 0.15) is 19.4 Å². The Morgan fingerprint density at radius 3 is 2.48 bits per heavy atom. The van der Waals surface area contributed by atoms with Crippen LogP contribution in [0.25, 0.3) is 0 Å². The van der Waals surface area contributed by atoms with Gasteiger partial charge in [0.15, 0.2) is 0 Å². The molecule has 21 heavy (non-hydrogen) atoms. The lowest BCUT2D eigenvalue weighted by Crippen LogP contribution is -2.40. The Hall–Kier alpha value is -1.67. The minimum atomic E-state index is -3.91. The van der Waals surface area contributed by atoms with E-state index in [2.05, 4.69) is 5.32 Å². The predicted octanol–water partition coefficient (Wildman–Crippen LogP) is 0.861. The van der Waals surface area contributed by atoms with Crippen molar-refractivity contribution in [2.24, 2.45) is 0 Å². The average molecular weight is 317 g/mol. The number of nitrogen functional groups attached to an aromatic ring is 1. The molecule has 0 radical (unpaired) electrons. The van der Waals surface area contributed by atoms with Crippen molar-refractivity contribution in [1.29, 1.82) is 0 Å². The van der Waals surface area contributed by atoms with Crippen LogP contribution in [0, 0.1) is 12.7 Å². The molecule has 0 saturated carbocycles. The van der Waals surface area contributed by atoms with Gasteiger partial charge in [0.1, 0.15) is 5.82 Å². The number of nitrogens with two attached hydrogens (primary N) is 1. The lowest BCUT2D eigenvalue weighted by molar-refractivity contribution is -0.121. The number of hydrogen-bond acceptors (Lipinski definition) is 4. The summed E-state index contributed by atoms with van der Waals surface area (Å²) in [5, 5.41) is 2.60. The quantitative estimate of drug-likeness (QED) is 0.788. The number of carbonyl (C=O) groups excluding carboxylic acids is 1. The summed E-state index contributed by atoms with van der Waals surface area (Å²) in [5.74, 6) is -1.06. The van der Waals surface area contributed by atoms with Crippen LogP contribution in [0.15, 0.2) is 17.0 Å². The number of aryl methyl sites for hydroxylation is 1. The SMILES string of the molecule is Cc1cc(S(=O)(=O)N(C)CC(=O)NC(C)C)cc(N)c1F. The molecule has 1 aromatic carbocycles. The highest BCUT2D eigenvalue weighted by molar-refractivity contribution is 7.89. The number of carbonyl (C=O) groups is 1. The second kappa shape index (κ2) is 6.40. The molecule has 0 saturated heterocycles. The fourth-order valence-corrected chi connectivity index (χ4v) is 3.00. The Bertz CT molecular complexity index is 621. The maximum absolute atomic E-state index is 13.5. The van der Waals surface area contributed by atoms with E-state index < -0.39 is 21.7 Å². The molecule has 1 rings (SSSR count). The summed E-state index contributed by atoms with van der Waals surface area (Å²) >= 11 is 0. The zero-order valence-corrected chi connectivity index (χ0v) is 13.3. The number of sulfonamides is 1. The Labute approximate surface area is 124 Å². The summed E-state index contributed by atoms with van der Waals surface area (Å²) in [6.07, 6.45) is 0. The number of nitrogens with zero attached hydrogens (tertiary/aromatic N) is 1. The van der Waals surface area contributed by atoms with Gasteiger partial charge in [-0.1, -0.05) is 0 Å². The number of likely N-dealkylation sites (N-methyl/N-ethyl adjacent to an activating group) is 1. The smallest absolute Gasteiger partial charge is 0.243 e. The number of rotatable bonds is 5. The van der Waals surface area contributed by atoms with Crippen LogP contribution < -0.4 is 11.1 Å². The first kappa shape index (κ1) is 17.4. The first-order chi connectivity index (χ1) is 9.55. The van der Waals surface area contributed by atoms with E-state index >= 15 is 0 Å². The molecular formula is C13H20FN3O3S. The fourth-order valence-electron chi connectivity index (χ4n) is 1.75. The highest BCUT2D eigenvalue weighted by atomic mass is 32.2. The Morgan fingerprint density at radius 2 is 2.00 bits per heavy atom. The number of hydrogen-bond donors (Lipinski definition) is 2. The first-order valence-electron chi connectivity index (χ1n) is 6.37. The second-order valence-electron chi connectivity index (χ2n) is 5.13. The van der Waals surface area contributed by atoms with Crippen LogP contribution in [0.2, 0.25) is 0 Å². The van der Waals surface area contributed by atoms with Gasteiger partial charge in [0.2, 0.25) is 15.9 Å². The van der Waals surface area contributed by atoms with Crippen LogP contribution in [0.4, 0.5) is 10.1 Å². The van der Waals surface area contributed by atoms with Crippen molar-refractivity contribution in [3.8, 4) is 0 Å². The second-order valence-corrected chi connectivity index (χ2v) is 7.17. The maximum Gasteiger partial charge on any atom is 0.243 e. The van der Waals surface area contributed by atoms with E-state index in [-0.39, 0.29) is 28.7 Å². The lowest BCUT2D eigenvalue weighted by Gasteiger charge is -2.18. The van der Waals surface area contributed by atoms with Crippen molar-refractivity contribution in [2.75, 3.05) is 19.3 Å². The molecule has 8 heteroatoms. The topological polar surface area (TPSA) is 92.5 Å². The van der Waals surface area contributed by atoms with E-state index in [0.717, 1.165) is 10.4 Å². The van der Waals surface area contributed by atoms with Gasteiger partial charge in [0.05, 0.1) is 17.1 Å². The zero-order chi connectivity index (χ0) is 16.4. The minimum absolute atomic E-state index is 0.0858. The standard InChI is InChI=1S/C13H20FN3O3S/c1-8(2)16-12(18)7-17(4)21(19,20)10-5-9(3)13(14)11(15)6-10/h5-6,8H,7,15H2,1-4H3,(H,16,18). The molecule has 1 aromatic rings. The molecule has 6 nitrogen and oxygen atoms in total. The molecule has 0 aliphatic heterocycles. The molecule has 1 amide bonds. The van der Waals surface area contributed by atoms with Crippen molar-refractivity contribution >= 4 is 21.6 Å². The number of benzene rings is 1. The van der Waals surface area contributed by atoms with Gasteiger partial charge < -0.3 is 11.1 Å². The third kappa shape index (κ3) is 4.15. The number of halogens is 1. The molecular weight excluding hydrogens is 297 g/mol. The van der Waals surface area contributed by atoms with Crippen LogP contribution in [-0.2, 0) is 14.8 Å². The van der Waals surface area contributed by atoms with E-state index in [4.69, 9.17) is 5.73 Å². The third-order valence-corrected chi connectivity index (χ3v) is 4.56. The summed E-state index contributed by atoms with van der Waals surface area (Å²) < 4.78 is 39.0. The molecule has 0 fully saturated rings. The van der Waals surface area contributed by atoms with Crippen LogP contribution in [-0.4, -0.2) is 38.3 Å². The first-order valence-corrected chi connectivity index (χ1v) is 7.81. The van der Waals surface area contributed by atoms with Crippen molar-refractivity contribution in [2.45, 2.75) is 31.7 Å². The van der Waals surface area contributed by atoms with Crippen LogP contribution in [0.3, 0.4) is 0 Å². The van der Waals surface area contributed by atoms with E-state index in [1.165, 1.54) is 20.0 Å². The normalized spacial score (nSPS) is 12.0. The molecule has 0 atom stereocenters. The lowest BCUT2D eigenvalue weighted by atomic mass is 10.2. The zero-order valence-electron chi connectivity index (χ0n) is 12.5. The summed E-state index contributed by atoms with van der Waals surface area (Å²) in [6, 6.07) is 2.16. The van der Waals surface area contributed by atoms with E-state index in [9.17, 15) is 17.6 Å². The van der Waals surface area contributed by atoms with Gasteiger partial charge in [-0.05, 0) is 38.5 Å². The van der Waals surface area contributed by atoms with E-state index in [1.807, 2.05) is 0 Å². The van der Waals surface area contributed by atoms with Crippen molar-refractivity contribution in [3.63, 3.8) is 0 Å². The molecule has 118 valence electrons. The summed E-state index contributed by atoms with van der Waals surface area (Å²) in [6.45, 7) is 4.65. The molecule has 0 spiro atoms. The number of anilines is 1. The average Bonchev–Trinajstić information content (AvgIpc) is 2.33. The highest BCUT2D eigenvalue weighted by Gasteiger charge is 2.24. The molecule has 0 aliphatic carbocycles. The fraction of sp³-hybridized carbons (Fsp3) is 0.462. The monoisotopic (exact) mass is 317 g/mol. The molecule has 0 aromatic heterocycles. The van der Waals surface area contributed by atoms with Crippen LogP contribution >= 0.6 is 0 Å². The predicted molar refractivity (Wildman–Crippen MR) is 78.6 cm³/mol. The van der Waals surface area contributed by atoms with Gasteiger partial charge in [0, 0.05) is 13.1 Å². The number of amides is 1. The van der Waals surface area contributed by atoms with Crippen molar-refractivity contribution in [1.82, 2.24) is 9.62 Å². The van der Waals surface area contributed by atoms with Gasteiger partial charge in [0.25, 0.3) is 0 Å². The van der Waals surface area contributed by atoms with E-state index in [0.29, 0.717) is 0 Å². The Morgan fingerprint density at radius 1 is 1.43 bits per heavy atom. The van der Waals surface area contributed by atoms with E-state index in [1.54, 1.807) is 13.8 Å². The molecule has 0 heterocycles.